The van der Waals surface area contributed by atoms with Crippen molar-refractivity contribution in [3.8, 4) is 0 Å². The highest BCUT2D eigenvalue weighted by molar-refractivity contribution is 5.29. The molecule has 5 atom stereocenters. The molecule has 23 heavy (non-hydrogen) atoms. The fourth-order valence-corrected chi connectivity index (χ4v) is 5.44. The molecule has 0 aromatic rings. The number of allylic oxidation sites excluding steroid dienone is 3. The molecule has 0 bridgehead atoms. The summed E-state index contributed by atoms with van der Waals surface area (Å²) in [6.45, 7) is 8.64. The van der Waals surface area contributed by atoms with Crippen molar-refractivity contribution in [2.45, 2.75) is 77.4 Å². The van der Waals surface area contributed by atoms with Crippen molar-refractivity contribution in [1.29, 1.82) is 0 Å². The van der Waals surface area contributed by atoms with Crippen molar-refractivity contribution in [3.05, 3.63) is 35.5 Å². The van der Waals surface area contributed by atoms with Gasteiger partial charge in [0, 0.05) is 0 Å². The number of hydrogen-bond donors (Lipinski definition) is 2. The van der Waals surface area contributed by atoms with Crippen molar-refractivity contribution in [1.82, 2.24) is 0 Å². The summed E-state index contributed by atoms with van der Waals surface area (Å²) >= 11 is 0. The average Bonchev–Trinajstić information content (AvgIpc) is 2.87. The molecule has 3 aliphatic rings. The SMILES string of the molecule is C=C1[C@H](O)CC(=C/C=C2\CCCC3(C)C(CC)CCC23)C[C@H]1O. The van der Waals surface area contributed by atoms with Crippen molar-refractivity contribution < 1.29 is 10.2 Å². The van der Waals surface area contributed by atoms with Crippen LogP contribution in [0.4, 0.5) is 0 Å². The molecule has 0 aromatic heterocycles. The van der Waals surface area contributed by atoms with Crippen molar-refractivity contribution in [3.63, 3.8) is 0 Å². The highest BCUT2D eigenvalue weighted by Gasteiger charge is 2.48. The van der Waals surface area contributed by atoms with E-state index in [0.29, 0.717) is 23.8 Å². The van der Waals surface area contributed by atoms with Gasteiger partial charge in [0.2, 0.25) is 0 Å². The fourth-order valence-electron chi connectivity index (χ4n) is 5.44. The summed E-state index contributed by atoms with van der Waals surface area (Å²) in [5.74, 6) is 1.62. The van der Waals surface area contributed by atoms with Crippen LogP contribution < -0.4 is 0 Å². The maximum Gasteiger partial charge on any atom is 0.0809 e. The van der Waals surface area contributed by atoms with Gasteiger partial charge in [-0.15, -0.1) is 0 Å². The van der Waals surface area contributed by atoms with Gasteiger partial charge in [-0.1, -0.05) is 50.1 Å². The predicted octanol–water partition coefficient (Wildman–Crippen LogP) is 4.54. The second kappa shape index (κ2) is 6.57. The van der Waals surface area contributed by atoms with Gasteiger partial charge in [0.1, 0.15) is 0 Å². The van der Waals surface area contributed by atoms with Gasteiger partial charge in [0.25, 0.3) is 0 Å². The topological polar surface area (TPSA) is 40.5 Å². The van der Waals surface area contributed by atoms with Gasteiger partial charge in [-0.25, -0.2) is 0 Å². The maximum atomic E-state index is 9.99. The van der Waals surface area contributed by atoms with E-state index in [1.54, 1.807) is 5.57 Å². The van der Waals surface area contributed by atoms with Crippen molar-refractivity contribution in [2.75, 3.05) is 0 Å². The molecule has 0 spiro atoms. The number of hydrogen-bond acceptors (Lipinski definition) is 2. The van der Waals surface area contributed by atoms with E-state index in [1.165, 1.54) is 38.5 Å². The van der Waals surface area contributed by atoms with Crippen molar-refractivity contribution >= 4 is 0 Å². The molecule has 3 saturated carbocycles. The van der Waals surface area contributed by atoms with Crippen LogP contribution in [-0.2, 0) is 0 Å². The molecule has 3 fully saturated rings. The first-order valence-corrected chi connectivity index (χ1v) is 9.39. The van der Waals surface area contributed by atoms with Crippen LogP contribution in [0.3, 0.4) is 0 Å². The summed E-state index contributed by atoms with van der Waals surface area (Å²) in [6, 6.07) is 0. The zero-order valence-electron chi connectivity index (χ0n) is 14.7. The van der Waals surface area contributed by atoms with Crippen LogP contribution in [0.5, 0.6) is 0 Å². The molecule has 0 aromatic carbocycles. The Morgan fingerprint density at radius 3 is 2.52 bits per heavy atom. The van der Waals surface area contributed by atoms with Crippen LogP contribution >= 0.6 is 0 Å². The monoisotopic (exact) mass is 316 g/mol. The van der Waals surface area contributed by atoms with E-state index in [4.69, 9.17) is 0 Å². The Kier molecular flexibility index (Phi) is 4.85. The Balaban J connectivity index is 1.77. The molecule has 3 unspecified atom stereocenters. The lowest BCUT2D eigenvalue weighted by atomic mass is 9.63. The summed E-state index contributed by atoms with van der Waals surface area (Å²) in [4.78, 5) is 0. The van der Waals surface area contributed by atoms with E-state index in [1.807, 2.05) is 0 Å². The summed E-state index contributed by atoms with van der Waals surface area (Å²) in [5.41, 5.74) is 3.83. The first-order valence-electron chi connectivity index (χ1n) is 9.39. The van der Waals surface area contributed by atoms with Gasteiger partial charge in [-0.3, -0.25) is 0 Å². The van der Waals surface area contributed by atoms with Gasteiger partial charge >= 0.3 is 0 Å². The Hall–Kier alpha value is -0.860. The molecule has 0 aliphatic heterocycles. The molecule has 0 saturated heterocycles. The predicted molar refractivity (Wildman–Crippen MR) is 95.0 cm³/mol. The molecular formula is C21H32O2. The molecular weight excluding hydrogens is 284 g/mol. The average molecular weight is 316 g/mol. The normalized spacial score (nSPS) is 42.9. The largest absolute Gasteiger partial charge is 0.388 e. The summed E-state index contributed by atoms with van der Waals surface area (Å²) in [5, 5.41) is 20.0. The van der Waals surface area contributed by atoms with Gasteiger partial charge in [-0.05, 0) is 67.8 Å². The molecule has 2 heteroatoms. The lowest BCUT2D eigenvalue weighted by Gasteiger charge is -2.42. The maximum absolute atomic E-state index is 9.99. The van der Waals surface area contributed by atoms with Crippen LogP contribution in [0.1, 0.15) is 65.2 Å². The van der Waals surface area contributed by atoms with E-state index in [-0.39, 0.29) is 0 Å². The molecule has 2 N–H and O–H groups in total. The zero-order valence-corrected chi connectivity index (χ0v) is 14.7. The van der Waals surface area contributed by atoms with Crippen LogP contribution in [0.2, 0.25) is 0 Å². The Morgan fingerprint density at radius 2 is 1.87 bits per heavy atom. The molecule has 128 valence electrons. The standard InChI is InChI=1S/C21H32O2/c1-4-17-9-10-18-16(6-5-11-21(17,18)3)8-7-15-12-19(22)14(2)20(23)13-15/h7-8,17-20,22-23H,2,4-6,9-13H2,1,3H3/b16-8+/t17?,18?,19-,20-,21?/m1/s1. The summed E-state index contributed by atoms with van der Waals surface area (Å²) in [7, 11) is 0. The molecule has 2 nitrogen and oxygen atoms in total. The number of rotatable bonds is 2. The Bertz CT molecular complexity index is 514. The highest BCUT2D eigenvalue weighted by Crippen LogP contribution is 2.58. The van der Waals surface area contributed by atoms with Crippen LogP contribution in [0, 0.1) is 17.3 Å². The third kappa shape index (κ3) is 3.08. The molecule has 0 heterocycles. The Labute approximate surface area is 141 Å². The van der Waals surface area contributed by atoms with Gasteiger partial charge in [0.15, 0.2) is 0 Å². The third-order valence-corrected chi connectivity index (χ3v) is 6.95. The van der Waals surface area contributed by atoms with Gasteiger partial charge in [-0.2, -0.15) is 0 Å². The molecule has 0 radical (unpaired) electrons. The van der Waals surface area contributed by atoms with Crippen molar-refractivity contribution in [2.24, 2.45) is 17.3 Å². The molecule has 3 aliphatic carbocycles. The van der Waals surface area contributed by atoms with E-state index in [0.717, 1.165) is 17.4 Å². The lowest BCUT2D eigenvalue weighted by molar-refractivity contribution is 0.123. The van der Waals surface area contributed by atoms with Gasteiger partial charge < -0.3 is 10.2 Å². The van der Waals surface area contributed by atoms with Crippen LogP contribution in [-0.4, -0.2) is 22.4 Å². The Morgan fingerprint density at radius 1 is 1.17 bits per heavy atom. The minimum absolute atomic E-state index is 0.497. The highest BCUT2D eigenvalue weighted by atomic mass is 16.3. The number of fused-ring (bicyclic) bond motifs is 1. The second-order valence-electron chi connectivity index (χ2n) is 8.18. The summed E-state index contributed by atoms with van der Waals surface area (Å²) < 4.78 is 0. The fraction of sp³-hybridized carbons (Fsp3) is 0.714. The van der Waals surface area contributed by atoms with E-state index >= 15 is 0 Å². The quantitative estimate of drug-likeness (QED) is 0.734. The number of aliphatic hydroxyl groups excluding tert-OH is 2. The minimum Gasteiger partial charge on any atom is -0.388 e. The molecule has 3 rings (SSSR count). The third-order valence-electron chi connectivity index (χ3n) is 6.95. The van der Waals surface area contributed by atoms with Crippen LogP contribution in [0.15, 0.2) is 35.5 Å². The molecule has 0 amide bonds. The van der Waals surface area contributed by atoms with Gasteiger partial charge in [0.05, 0.1) is 12.2 Å². The minimum atomic E-state index is -0.587. The van der Waals surface area contributed by atoms with E-state index in [2.05, 4.69) is 32.6 Å². The second-order valence-corrected chi connectivity index (χ2v) is 8.18. The van der Waals surface area contributed by atoms with E-state index in [9.17, 15) is 10.2 Å². The summed E-state index contributed by atoms with van der Waals surface area (Å²) in [6.07, 6.45) is 12.5. The van der Waals surface area contributed by atoms with E-state index < -0.39 is 12.2 Å². The lowest BCUT2D eigenvalue weighted by Crippen LogP contribution is -2.33. The zero-order chi connectivity index (χ0) is 16.6. The number of aliphatic hydroxyl groups is 2. The van der Waals surface area contributed by atoms with Crippen LogP contribution in [0.25, 0.3) is 0 Å². The first-order chi connectivity index (χ1) is 11.0. The smallest absolute Gasteiger partial charge is 0.0809 e. The first kappa shape index (κ1) is 17.0.